The third-order valence-corrected chi connectivity index (χ3v) is 4.10. The molecule has 26 heavy (non-hydrogen) atoms. The minimum atomic E-state index is -0.234. The maximum Gasteiger partial charge on any atom is 0.260 e. The summed E-state index contributed by atoms with van der Waals surface area (Å²) in [7, 11) is 1.63. The summed E-state index contributed by atoms with van der Waals surface area (Å²) in [6.45, 7) is 0.0392. The smallest absolute Gasteiger partial charge is 0.260 e. The summed E-state index contributed by atoms with van der Waals surface area (Å²) >= 11 is 12.0. The molecule has 2 aromatic carbocycles. The first-order valence-electron chi connectivity index (χ1n) is 7.73. The van der Waals surface area contributed by atoms with E-state index in [9.17, 15) is 4.79 Å². The molecule has 0 aliphatic heterocycles. The van der Waals surface area contributed by atoms with Crippen molar-refractivity contribution in [3.63, 3.8) is 0 Å². The van der Waals surface area contributed by atoms with Crippen LogP contribution >= 0.6 is 23.2 Å². The monoisotopic (exact) mass is 391 g/mol. The molecule has 1 aromatic heterocycles. The molecule has 0 aliphatic rings. The van der Waals surface area contributed by atoms with Gasteiger partial charge >= 0.3 is 0 Å². The van der Waals surface area contributed by atoms with Crippen molar-refractivity contribution in [3.8, 4) is 17.1 Å². The van der Waals surface area contributed by atoms with E-state index >= 15 is 0 Å². The minimum absolute atomic E-state index is 0.123. The lowest BCUT2D eigenvalue weighted by molar-refractivity contribution is -0.132. The van der Waals surface area contributed by atoms with Crippen LogP contribution in [0.3, 0.4) is 0 Å². The van der Waals surface area contributed by atoms with Crippen molar-refractivity contribution in [1.82, 2.24) is 15.0 Å². The average Bonchev–Trinajstić information content (AvgIpc) is 3.08. The fraction of sp³-hybridized carbons (Fsp3) is 0.167. The second kappa shape index (κ2) is 8.21. The van der Waals surface area contributed by atoms with E-state index in [-0.39, 0.29) is 19.1 Å². The van der Waals surface area contributed by atoms with Gasteiger partial charge in [0.1, 0.15) is 5.75 Å². The molecular weight excluding hydrogens is 377 g/mol. The molecular formula is C18H15Cl2N3O3. The highest BCUT2D eigenvalue weighted by Gasteiger charge is 2.16. The van der Waals surface area contributed by atoms with Crippen molar-refractivity contribution < 1.29 is 14.1 Å². The predicted octanol–water partition coefficient (Wildman–Crippen LogP) is 4.08. The maximum absolute atomic E-state index is 12.2. The van der Waals surface area contributed by atoms with Crippen LogP contribution in [-0.4, -0.2) is 34.6 Å². The van der Waals surface area contributed by atoms with Crippen LogP contribution in [0.15, 0.2) is 53.1 Å². The highest BCUT2D eigenvalue weighted by atomic mass is 35.5. The fourth-order valence-electron chi connectivity index (χ4n) is 2.17. The molecule has 1 amide bonds. The van der Waals surface area contributed by atoms with Gasteiger partial charge in [0.2, 0.25) is 11.7 Å². The van der Waals surface area contributed by atoms with Crippen molar-refractivity contribution in [3.05, 3.63) is 64.5 Å². The van der Waals surface area contributed by atoms with Gasteiger partial charge in [0.25, 0.3) is 5.91 Å². The number of halogens is 2. The van der Waals surface area contributed by atoms with E-state index in [1.165, 1.54) is 4.90 Å². The van der Waals surface area contributed by atoms with Gasteiger partial charge in [0, 0.05) is 17.6 Å². The molecule has 0 N–H and O–H groups in total. The lowest BCUT2D eigenvalue weighted by Gasteiger charge is -2.15. The molecule has 134 valence electrons. The molecule has 0 saturated heterocycles. The first kappa shape index (κ1) is 18.2. The van der Waals surface area contributed by atoms with Crippen LogP contribution in [-0.2, 0) is 11.3 Å². The zero-order valence-electron chi connectivity index (χ0n) is 13.9. The number of rotatable bonds is 6. The second-order valence-electron chi connectivity index (χ2n) is 5.49. The number of benzene rings is 2. The highest BCUT2D eigenvalue weighted by Crippen LogP contribution is 2.25. The first-order valence-corrected chi connectivity index (χ1v) is 8.48. The maximum atomic E-state index is 12.2. The van der Waals surface area contributed by atoms with Gasteiger partial charge in [0.15, 0.2) is 6.61 Å². The van der Waals surface area contributed by atoms with Gasteiger partial charge in [-0.15, -0.1) is 0 Å². The largest absolute Gasteiger partial charge is 0.484 e. The lowest BCUT2D eigenvalue weighted by Crippen LogP contribution is -2.31. The molecule has 0 radical (unpaired) electrons. The minimum Gasteiger partial charge on any atom is -0.484 e. The number of nitrogens with zero attached hydrogens (tertiary/aromatic N) is 3. The Balaban J connectivity index is 1.58. The molecule has 0 atom stereocenters. The summed E-state index contributed by atoms with van der Waals surface area (Å²) in [5, 5.41) is 4.98. The van der Waals surface area contributed by atoms with Crippen LogP contribution in [0.1, 0.15) is 5.89 Å². The van der Waals surface area contributed by atoms with Gasteiger partial charge in [-0.2, -0.15) is 4.98 Å². The van der Waals surface area contributed by atoms with Gasteiger partial charge in [-0.1, -0.05) is 46.6 Å². The van der Waals surface area contributed by atoms with E-state index in [0.29, 0.717) is 33.1 Å². The number of likely N-dealkylation sites (N-methyl/N-ethyl adjacent to an activating group) is 1. The van der Waals surface area contributed by atoms with Crippen molar-refractivity contribution in [2.45, 2.75) is 6.54 Å². The van der Waals surface area contributed by atoms with Gasteiger partial charge in [-0.05, 0) is 30.3 Å². The molecule has 0 unspecified atom stereocenters. The Morgan fingerprint density at radius 2 is 2.00 bits per heavy atom. The molecule has 0 fully saturated rings. The Bertz CT molecular complexity index is 914. The summed E-state index contributed by atoms with van der Waals surface area (Å²) in [5.74, 6) is 0.973. The zero-order chi connectivity index (χ0) is 18.5. The molecule has 1 heterocycles. The predicted molar refractivity (Wildman–Crippen MR) is 98.2 cm³/mol. The third-order valence-electron chi connectivity index (χ3n) is 3.54. The lowest BCUT2D eigenvalue weighted by atomic mass is 10.2. The SMILES string of the molecule is CN(Cc1nc(-c2ccccc2Cl)no1)C(=O)COc1cccc(Cl)c1. The van der Waals surface area contributed by atoms with Crippen molar-refractivity contribution in [2.75, 3.05) is 13.7 Å². The van der Waals surface area contributed by atoms with Gasteiger partial charge < -0.3 is 14.2 Å². The Morgan fingerprint density at radius 3 is 2.77 bits per heavy atom. The summed E-state index contributed by atoms with van der Waals surface area (Å²) in [4.78, 5) is 17.9. The van der Waals surface area contributed by atoms with E-state index in [1.54, 1.807) is 43.4 Å². The molecule has 0 spiro atoms. The molecule has 6 nitrogen and oxygen atoms in total. The van der Waals surface area contributed by atoms with Crippen molar-refractivity contribution >= 4 is 29.1 Å². The molecule has 3 aromatic rings. The van der Waals surface area contributed by atoms with E-state index < -0.39 is 0 Å². The Kier molecular flexibility index (Phi) is 5.75. The Hall–Kier alpha value is -2.57. The highest BCUT2D eigenvalue weighted by molar-refractivity contribution is 6.33. The fourth-order valence-corrected chi connectivity index (χ4v) is 2.57. The quantitative estimate of drug-likeness (QED) is 0.632. The van der Waals surface area contributed by atoms with E-state index in [0.717, 1.165) is 0 Å². The standard InChI is InChI=1S/C18H15Cl2N3O3/c1-23(17(24)11-25-13-6-4-5-12(19)9-13)10-16-21-18(22-26-16)14-7-2-3-8-15(14)20/h2-9H,10-11H2,1H3. The zero-order valence-corrected chi connectivity index (χ0v) is 15.4. The summed E-state index contributed by atoms with van der Waals surface area (Å²) in [6, 6.07) is 14.0. The van der Waals surface area contributed by atoms with Crippen LogP contribution in [0.5, 0.6) is 5.75 Å². The first-order chi connectivity index (χ1) is 12.5. The normalized spacial score (nSPS) is 10.6. The molecule has 0 saturated carbocycles. The number of aromatic nitrogens is 2. The molecule has 0 aliphatic carbocycles. The van der Waals surface area contributed by atoms with Gasteiger partial charge in [-0.25, -0.2) is 0 Å². The van der Waals surface area contributed by atoms with Crippen LogP contribution in [0.25, 0.3) is 11.4 Å². The number of amides is 1. The van der Waals surface area contributed by atoms with E-state index in [2.05, 4.69) is 10.1 Å². The number of hydrogen-bond acceptors (Lipinski definition) is 5. The molecule has 3 rings (SSSR count). The topological polar surface area (TPSA) is 68.5 Å². The van der Waals surface area contributed by atoms with Crippen LogP contribution < -0.4 is 4.74 Å². The van der Waals surface area contributed by atoms with E-state index in [4.69, 9.17) is 32.5 Å². The third kappa shape index (κ3) is 4.53. The van der Waals surface area contributed by atoms with Crippen LogP contribution in [0.4, 0.5) is 0 Å². The second-order valence-corrected chi connectivity index (χ2v) is 6.33. The van der Waals surface area contributed by atoms with Crippen LogP contribution in [0.2, 0.25) is 10.0 Å². The number of hydrogen-bond donors (Lipinski definition) is 0. The number of ether oxygens (including phenoxy) is 1. The Morgan fingerprint density at radius 1 is 1.19 bits per heavy atom. The number of carbonyl (C=O) groups is 1. The van der Waals surface area contributed by atoms with Crippen molar-refractivity contribution in [1.29, 1.82) is 0 Å². The summed E-state index contributed by atoms with van der Waals surface area (Å²) in [6.07, 6.45) is 0. The summed E-state index contributed by atoms with van der Waals surface area (Å²) < 4.78 is 10.6. The molecule has 8 heteroatoms. The van der Waals surface area contributed by atoms with Gasteiger partial charge in [0.05, 0.1) is 11.6 Å². The summed E-state index contributed by atoms with van der Waals surface area (Å²) in [5.41, 5.74) is 0.669. The molecule has 0 bridgehead atoms. The van der Waals surface area contributed by atoms with Crippen molar-refractivity contribution in [2.24, 2.45) is 0 Å². The van der Waals surface area contributed by atoms with Gasteiger partial charge in [-0.3, -0.25) is 4.79 Å². The van der Waals surface area contributed by atoms with E-state index in [1.807, 2.05) is 12.1 Å². The number of carbonyl (C=O) groups excluding carboxylic acids is 1. The van der Waals surface area contributed by atoms with Crippen LogP contribution in [0, 0.1) is 0 Å². The average molecular weight is 392 g/mol. The Labute approximate surface area is 160 Å².